The Morgan fingerprint density at radius 1 is 1.47 bits per heavy atom. The highest BCUT2D eigenvalue weighted by Crippen LogP contribution is 2.25. The van der Waals surface area contributed by atoms with Gasteiger partial charge in [0.25, 0.3) is 0 Å². The Morgan fingerprint density at radius 2 is 2.07 bits per heavy atom. The monoisotopic (exact) mass is 280 g/mol. The molecule has 0 aliphatic carbocycles. The lowest BCUT2D eigenvalue weighted by Gasteiger charge is -2.10. The molecule has 0 radical (unpaired) electrons. The fourth-order valence-corrected chi connectivity index (χ4v) is 1.30. The van der Waals surface area contributed by atoms with E-state index in [4.69, 9.17) is 0 Å². The molecule has 1 N–H and O–H groups in total. The molecule has 0 aliphatic heterocycles. The summed E-state index contributed by atoms with van der Waals surface area (Å²) < 4.78 is 30.4. The molecule has 6 heteroatoms. The van der Waals surface area contributed by atoms with Crippen LogP contribution in [0.5, 0.6) is 0 Å². The Labute approximate surface area is 92.8 Å². The molecule has 15 heavy (non-hydrogen) atoms. The summed E-state index contributed by atoms with van der Waals surface area (Å²) in [6.45, 7) is 0. The molecule has 1 aromatic carbocycles. The van der Waals surface area contributed by atoms with E-state index in [1.165, 1.54) is 6.07 Å². The van der Waals surface area contributed by atoms with Crippen LogP contribution in [0.3, 0.4) is 0 Å². The van der Waals surface area contributed by atoms with E-state index in [9.17, 15) is 18.7 Å². The van der Waals surface area contributed by atoms with Crippen LogP contribution in [0.4, 0.5) is 8.78 Å². The van der Waals surface area contributed by atoms with Gasteiger partial charge in [-0.1, -0.05) is 6.07 Å². The van der Waals surface area contributed by atoms with Crippen LogP contribution in [0.15, 0.2) is 16.6 Å². The minimum atomic E-state index is -1.82. The third-order valence-electron chi connectivity index (χ3n) is 1.78. The molecule has 1 rings (SSSR count). The van der Waals surface area contributed by atoms with Gasteiger partial charge in [0.2, 0.25) is 0 Å². The van der Waals surface area contributed by atoms with Crippen molar-refractivity contribution in [2.75, 3.05) is 7.11 Å². The summed E-state index contributed by atoms with van der Waals surface area (Å²) in [5, 5.41) is 9.29. The molecule has 0 heterocycles. The predicted octanol–water partition coefficient (Wildman–Crippen LogP) is 1.93. The summed E-state index contributed by atoms with van der Waals surface area (Å²) in [6.07, 6.45) is -1.82. The summed E-state index contributed by atoms with van der Waals surface area (Å²) in [5.74, 6) is -3.48. The number of ether oxygens (including phenoxy) is 1. The minimum absolute atomic E-state index is 0.0826. The Hall–Kier alpha value is -1.01. The van der Waals surface area contributed by atoms with Crippen molar-refractivity contribution in [3.8, 4) is 0 Å². The van der Waals surface area contributed by atoms with Gasteiger partial charge < -0.3 is 9.84 Å². The number of hydrogen-bond donors (Lipinski definition) is 1. The summed E-state index contributed by atoms with van der Waals surface area (Å²) in [6, 6.07) is 2.30. The van der Waals surface area contributed by atoms with E-state index in [-0.39, 0.29) is 4.47 Å². The van der Waals surface area contributed by atoms with Gasteiger partial charge >= 0.3 is 5.97 Å². The zero-order chi connectivity index (χ0) is 11.6. The largest absolute Gasteiger partial charge is 0.467 e. The van der Waals surface area contributed by atoms with E-state index in [1.807, 2.05) is 0 Å². The smallest absolute Gasteiger partial charge is 0.339 e. The molecule has 0 spiro atoms. The molecular weight excluding hydrogens is 274 g/mol. The highest BCUT2D eigenvalue weighted by atomic mass is 79.9. The first kappa shape index (κ1) is 12.1. The number of carbonyl (C=O) groups excluding carboxylic acids is 1. The van der Waals surface area contributed by atoms with Gasteiger partial charge in [-0.15, -0.1) is 0 Å². The van der Waals surface area contributed by atoms with E-state index >= 15 is 0 Å². The van der Waals surface area contributed by atoms with Gasteiger partial charge in [-0.05, 0) is 22.0 Å². The lowest BCUT2D eigenvalue weighted by atomic mass is 10.1. The average molecular weight is 281 g/mol. The second-order valence-corrected chi connectivity index (χ2v) is 3.54. The molecule has 0 saturated heterocycles. The Bertz CT molecular complexity index is 395. The van der Waals surface area contributed by atoms with E-state index in [0.717, 1.165) is 13.2 Å². The molecule has 1 atom stereocenters. The van der Waals surface area contributed by atoms with Gasteiger partial charge in [-0.2, -0.15) is 0 Å². The fourth-order valence-electron chi connectivity index (χ4n) is 0.991. The van der Waals surface area contributed by atoms with E-state index in [2.05, 4.69) is 20.7 Å². The van der Waals surface area contributed by atoms with E-state index in [0.29, 0.717) is 0 Å². The van der Waals surface area contributed by atoms with Crippen molar-refractivity contribution in [1.29, 1.82) is 0 Å². The number of benzene rings is 1. The molecule has 1 aromatic rings. The van der Waals surface area contributed by atoms with E-state index < -0.39 is 29.3 Å². The molecule has 3 nitrogen and oxygen atoms in total. The first-order chi connectivity index (χ1) is 6.99. The summed E-state index contributed by atoms with van der Waals surface area (Å²) in [4.78, 5) is 10.9. The highest BCUT2D eigenvalue weighted by molar-refractivity contribution is 9.10. The van der Waals surface area contributed by atoms with Gasteiger partial charge in [0.05, 0.1) is 11.6 Å². The number of esters is 1. The van der Waals surface area contributed by atoms with Crippen LogP contribution in [0.1, 0.15) is 11.7 Å². The number of aliphatic hydroxyl groups is 1. The van der Waals surface area contributed by atoms with Crippen molar-refractivity contribution in [3.63, 3.8) is 0 Å². The summed E-state index contributed by atoms with van der Waals surface area (Å²) in [7, 11) is 1.04. The van der Waals surface area contributed by atoms with Crippen molar-refractivity contribution in [2.45, 2.75) is 6.10 Å². The van der Waals surface area contributed by atoms with Crippen LogP contribution in [0.2, 0.25) is 0 Å². The van der Waals surface area contributed by atoms with Crippen molar-refractivity contribution in [2.24, 2.45) is 0 Å². The summed E-state index contributed by atoms with van der Waals surface area (Å²) >= 11 is 2.77. The third-order valence-corrected chi connectivity index (χ3v) is 2.40. The molecular formula is C9H7BrF2O3. The van der Waals surface area contributed by atoms with Crippen molar-refractivity contribution in [1.82, 2.24) is 0 Å². The quantitative estimate of drug-likeness (QED) is 0.665. The first-order valence-corrected chi connectivity index (χ1v) is 4.67. The van der Waals surface area contributed by atoms with Gasteiger partial charge in [-0.3, -0.25) is 0 Å². The molecule has 0 saturated carbocycles. The van der Waals surface area contributed by atoms with Crippen LogP contribution >= 0.6 is 15.9 Å². The van der Waals surface area contributed by atoms with Crippen LogP contribution in [-0.2, 0) is 9.53 Å². The number of aliphatic hydroxyl groups excluding tert-OH is 1. The molecule has 0 fully saturated rings. The zero-order valence-corrected chi connectivity index (χ0v) is 9.22. The van der Waals surface area contributed by atoms with Crippen LogP contribution in [-0.4, -0.2) is 18.2 Å². The average Bonchev–Trinajstić information content (AvgIpc) is 2.24. The van der Waals surface area contributed by atoms with Crippen molar-refractivity contribution in [3.05, 3.63) is 33.8 Å². The number of halogens is 3. The van der Waals surface area contributed by atoms with Gasteiger partial charge in [-0.25, -0.2) is 13.6 Å². The second-order valence-electron chi connectivity index (χ2n) is 2.69. The molecule has 82 valence electrons. The van der Waals surface area contributed by atoms with Crippen LogP contribution in [0.25, 0.3) is 0 Å². The maximum Gasteiger partial charge on any atom is 0.339 e. The lowest BCUT2D eigenvalue weighted by molar-refractivity contribution is -0.150. The zero-order valence-electron chi connectivity index (χ0n) is 7.63. The molecule has 0 aromatic heterocycles. The normalized spacial score (nSPS) is 12.3. The molecule has 0 aliphatic rings. The van der Waals surface area contributed by atoms with Crippen LogP contribution < -0.4 is 0 Å². The molecule has 0 amide bonds. The van der Waals surface area contributed by atoms with Gasteiger partial charge in [0.1, 0.15) is 0 Å². The number of methoxy groups -OCH3 is 1. The maximum atomic E-state index is 13.2. The SMILES string of the molecule is COC(=O)C(O)c1ccc(Br)c(F)c1F. The predicted molar refractivity (Wildman–Crippen MR) is 51.0 cm³/mol. The lowest BCUT2D eigenvalue weighted by Crippen LogP contribution is -2.15. The van der Waals surface area contributed by atoms with Crippen molar-refractivity contribution >= 4 is 21.9 Å². The first-order valence-electron chi connectivity index (χ1n) is 3.88. The number of hydrogen-bond acceptors (Lipinski definition) is 3. The standard InChI is InChI=1S/C9H7BrF2O3/c1-15-9(14)8(13)4-2-3-5(10)7(12)6(4)11/h2-3,8,13H,1H3. The number of carbonyl (C=O) groups is 1. The summed E-state index contributed by atoms with van der Waals surface area (Å²) in [5.41, 5.74) is -0.456. The third kappa shape index (κ3) is 2.32. The Morgan fingerprint density at radius 3 is 2.60 bits per heavy atom. The molecule has 0 bridgehead atoms. The highest BCUT2D eigenvalue weighted by Gasteiger charge is 2.24. The van der Waals surface area contributed by atoms with Gasteiger partial charge in [0, 0.05) is 5.56 Å². The Balaban J connectivity index is 3.16. The number of rotatable bonds is 2. The van der Waals surface area contributed by atoms with E-state index in [1.54, 1.807) is 0 Å². The Kier molecular flexibility index (Phi) is 3.76. The van der Waals surface area contributed by atoms with Crippen LogP contribution in [0, 0.1) is 11.6 Å². The second kappa shape index (κ2) is 4.67. The molecule has 1 unspecified atom stereocenters. The minimum Gasteiger partial charge on any atom is -0.467 e. The fraction of sp³-hybridized carbons (Fsp3) is 0.222. The maximum absolute atomic E-state index is 13.2. The topological polar surface area (TPSA) is 46.5 Å². The van der Waals surface area contributed by atoms with Crippen molar-refractivity contribution < 1.29 is 23.4 Å². The van der Waals surface area contributed by atoms with Gasteiger partial charge in [0.15, 0.2) is 17.7 Å².